The van der Waals surface area contributed by atoms with Crippen LogP contribution in [-0.2, 0) is 5.41 Å². The molecule has 7 aromatic carbocycles. The van der Waals surface area contributed by atoms with E-state index in [1.54, 1.807) is 0 Å². The number of fused-ring (bicyclic) bond motifs is 7. The molecule has 2 atom stereocenters. The summed E-state index contributed by atoms with van der Waals surface area (Å²) in [5.74, 6) is 0.399. The standard InChI is InChI=1S/C58H46N2O/c1-5-45-46-24-12-14-27-51(46)58(52(45)34-38(2)3,40-19-8-6-9-20-40)41-30-32-48-49-26-17-29-55(57(49)61-56(48)36-41)59(43-23-16-18-39(4)35-43)44-31-33-54-50(37-44)47-25-13-15-28-53(47)60(54)42-21-10-7-11-22-42/h5-34,36-37,39H,2,35H2,1,3-4H3/b45-5-,52-34+. The normalized spacial score (nSPS) is 18.7. The van der Waals surface area contributed by atoms with Gasteiger partial charge in [-0.3, -0.25) is 0 Å². The molecule has 2 aromatic heterocycles. The molecule has 2 aliphatic rings. The molecule has 61 heavy (non-hydrogen) atoms. The third-order valence-corrected chi connectivity index (χ3v) is 12.8. The largest absolute Gasteiger partial charge is 0.454 e. The quantitative estimate of drug-likeness (QED) is 0.160. The Balaban J connectivity index is 1.14. The van der Waals surface area contributed by atoms with E-state index in [4.69, 9.17) is 4.42 Å². The molecule has 0 saturated heterocycles. The summed E-state index contributed by atoms with van der Waals surface area (Å²) in [4.78, 5) is 2.43. The highest BCUT2D eigenvalue weighted by Crippen LogP contribution is 2.58. The maximum absolute atomic E-state index is 7.22. The fraction of sp³-hybridized carbons (Fsp3) is 0.103. The average molecular weight is 787 g/mol. The van der Waals surface area contributed by atoms with Crippen LogP contribution < -0.4 is 4.90 Å². The first kappa shape index (κ1) is 36.7. The molecule has 11 rings (SSSR count). The molecule has 0 bridgehead atoms. The molecule has 2 heterocycles. The number of nitrogens with zero attached hydrogens (tertiary/aromatic N) is 2. The summed E-state index contributed by atoms with van der Waals surface area (Å²) in [6, 6.07) is 59.7. The van der Waals surface area contributed by atoms with Crippen LogP contribution >= 0.6 is 0 Å². The van der Waals surface area contributed by atoms with Crippen molar-refractivity contribution < 1.29 is 4.42 Å². The van der Waals surface area contributed by atoms with Crippen molar-refractivity contribution in [2.75, 3.05) is 4.90 Å². The van der Waals surface area contributed by atoms with Crippen LogP contribution in [0.1, 0.15) is 49.4 Å². The van der Waals surface area contributed by atoms with Gasteiger partial charge in [0.1, 0.15) is 5.58 Å². The van der Waals surface area contributed by atoms with Gasteiger partial charge in [-0.2, -0.15) is 0 Å². The predicted molar refractivity (Wildman–Crippen MR) is 257 cm³/mol. The number of hydrogen-bond acceptors (Lipinski definition) is 2. The van der Waals surface area contributed by atoms with Crippen molar-refractivity contribution in [3.63, 3.8) is 0 Å². The van der Waals surface area contributed by atoms with Crippen molar-refractivity contribution >= 4 is 60.7 Å². The Morgan fingerprint density at radius 2 is 1.46 bits per heavy atom. The summed E-state index contributed by atoms with van der Waals surface area (Å²) in [6.45, 7) is 10.9. The number of furan rings is 1. The first-order valence-electron chi connectivity index (χ1n) is 21.4. The zero-order valence-corrected chi connectivity index (χ0v) is 34.8. The SMILES string of the molecule is C=C(C)/C=C1\C(=C/C)c2ccccc2C1(c1ccccc1)c1ccc2c(c1)oc1c(N(C3=CC=CC(C)C3)c3ccc4c(c3)c3ccccc3n4-c3ccccc3)cccc12. The smallest absolute Gasteiger partial charge is 0.159 e. The molecule has 2 unspecified atom stereocenters. The van der Waals surface area contributed by atoms with Gasteiger partial charge in [0, 0.05) is 38.6 Å². The molecule has 0 saturated carbocycles. The van der Waals surface area contributed by atoms with Gasteiger partial charge in [-0.1, -0.05) is 159 Å². The summed E-state index contributed by atoms with van der Waals surface area (Å²) < 4.78 is 9.60. The first-order chi connectivity index (χ1) is 29.9. The zero-order valence-electron chi connectivity index (χ0n) is 34.8. The van der Waals surface area contributed by atoms with Gasteiger partial charge in [0.05, 0.1) is 22.1 Å². The maximum atomic E-state index is 7.22. The van der Waals surface area contributed by atoms with Gasteiger partial charge < -0.3 is 13.9 Å². The Kier molecular flexibility index (Phi) is 8.68. The molecule has 0 aliphatic heterocycles. The van der Waals surface area contributed by atoms with E-state index in [1.165, 1.54) is 55.3 Å². The maximum Gasteiger partial charge on any atom is 0.159 e. The van der Waals surface area contributed by atoms with E-state index in [0.717, 1.165) is 56.6 Å². The first-order valence-corrected chi connectivity index (χ1v) is 21.4. The van der Waals surface area contributed by atoms with E-state index in [9.17, 15) is 0 Å². The lowest BCUT2D eigenvalue weighted by atomic mass is 9.67. The highest BCUT2D eigenvalue weighted by atomic mass is 16.3. The Morgan fingerprint density at radius 3 is 2.26 bits per heavy atom. The van der Waals surface area contributed by atoms with Gasteiger partial charge in [-0.05, 0) is 114 Å². The van der Waals surface area contributed by atoms with Crippen molar-refractivity contribution in [2.45, 2.75) is 32.6 Å². The van der Waals surface area contributed by atoms with E-state index in [2.05, 4.69) is 231 Å². The van der Waals surface area contributed by atoms with E-state index >= 15 is 0 Å². The average Bonchev–Trinajstić information content (AvgIpc) is 3.93. The second-order valence-corrected chi connectivity index (χ2v) is 16.7. The Bertz CT molecular complexity index is 3340. The lowest BCUT2D eigenvalue weighted by Gasteiger charge is -2.34. The van der Waals surface area contributed by atoms with Gasteiger partial charge >= 0.3 is 0 Å². The highest BCUT2D eigenvalue weighted by Gasteiger charge is 2.48. The number of rotatable bonds is 7. The molecule has 3 nitrogen and oxygen atoms in total. The van der Waals surface area contributed by atoms with E-state index in [1.807, 2.05) is 0 Å². The van der Waals surface area contributed by atoms with Crippen molar-refractivity contribution in [1.82, 2.24) is 4.57 Å². The van der Waals surface area contributed by atoms with Gasteiger partial charge in [0.25, 0.3) is 0 Å². The molecule has 0 radical (unpaired) electrons. The summed E-state index contributed by atoms with van der Waals surface area (Å²) in [7, 11) is 0. The topological polar surface area (TPSA) is 21.3 Å². The van der Waals surface area contributed by atoms with Crippen LogP contribution in [-0.4, -0.2) is 4.57 Å². The second-order valence-electron chi connectivity index (χ2n) is 16.7. The molecule has 0 fully saturated rings. The number of aromatic nitrogens is 1. The van der Waals surface area contributed by atoms with E-state index in [0.29, 0.717) is 5.92 Å². The van der Waals surface area contributed by atoms with Crippen molar-refractivity contribution in [1.29, 1.82) is 0 Å². The monoisotopic (exact) mass is 786 g/mol. The van der Waals surface area contributed by atoms with Gasteiger partial charge in [0.2, 0.25) is 0 Å². The van der Waals surface area contributed by atoms with Crippen LogP contribution in [0.3, 0.4) is 0 Å². The molecule has 3 heteroatoms. The minimum Gasteiger partial charge on any atom is -0.454 e. The van der Waals surface area contributed by atoms with E-state index in [-0.39, 0.29) is 0 Å². The molecule has 294 valence electrons. The Morgan fingerprint density at radius 1 is 0.721 bits per heavy atom. The number of para-hydroxylation sites is 3. The molecular weight excluding hydrogens is 741 g/mol. The third kappa shape index (κ3) is 5.64. The molecule has 0 amide bonds. The third-order valence-electron chi connectivity index (χ3n) is 12.8. The number of benzene rings is 7. The molecule has 0 spiro atoms. The van der Waals surface area contributed by atoms with Gasteiger partial charge in [0.15, 0.2) is 5.58 Å². The minimum atomic E-state index is -0.579. The van der Waals surface area contributed by atoms with Crippen molar-refractivity contribution in [2.24, 2.45) is 5.92 Å². The van der Waals surface area contributed by atoms with Gasteiger partial charge in [-0.25, -0.2) is 0 Å². The predicted octanol–water partition coefficient (Wildman–Crippen LogP) is 15.6. The molecule has 9 aromatic rings. The Labute approximate surface area is 357 Å². The molecule has 2 aliphatic carbocycles. The number of allylic oxidation sites excluding steroid dienone is 9. The van der Waals surface area contributed by atoms with Crippen LogP contribution in [0.5, 0.6) is 0 Å². The number of anilines is 2. The van der Waals surface area contributed by atoms with Crippen LogP contribution in [0.25, 0.3) is 55.0 Å². The summed E-state index contributed by atoms with van der Waals surface area (Å²) >= 11 is 0. The van der Waals surface area contributed by atoms with Crippen LogP contribution in [0.4, 0.5) is 11.4 Å². The fourth-order valence-corrected chi connectivity index (χ4v) is 10.4. The zero-order chi connectivity index (χ0) is 41.2. The lowest BCUT2D eigenvalue weighted by Crippen LogP contribution is -2.28. The molecule has 0 N–H and O–H groups in total. The summed E-state index contributed by atoms with van der Waals surface area (Å²) in [6.07, 6.45) is 12.2. The molecular formula is C58H46N2O. The van der Waals surface area contributed by atoms with Crippen LogP contribution in [0, 0.1) is 5.92 Å². The number of hydrogen-bond donors (Lipinski definition) is 0. The second kappa shape index (κ2) is 14.4. The minimum absolute atomic E-state index is 0.399. The van der Waals surface area contributed by atoms with Crippen LogP contribution in [0.2, 0.25) is 0 Å². The highest BCUT2D eigenvalue weighted by molar-refractivity contribution is 6.13. The van der Waals surface area contributed by atoms with Gasteiger partial charge in [-0.15, -0.1) is 0 Å². The summed E-state index contributed by atoms with van der Waals surface area (Å²) in [5.41, 5.74) is 16.4. The van der Waals surface area contributed by atoms with E-state index < -0.39 is 5.41 Å². The fourth-order valence-electron chi connectivity index (χ4n) is 10.4. The van der Waals surface area contributed by atoms with Crippen molar-refractivity contribution in [3.8, 4) is 5.69 Å². The van der Waals surface area contributed by atoms with Crippen LogP contribution in [0.15, 0.2) is 222 Å². The lowest BCUT2D eigenvalue weighted by molar-refractivity contribution is 0.662. The Hall–Kier alpha value is -7.36. The summed E-state index contributed by atoms with van der Waals surface area (Å²) in [5, 5.41) is 4.63. The van der Waals surface area contributed by atoms with Crippen molar-refractivity contribution in [3.05, 3.63) is 240 Å².